The Labute approximate surface area is 177 Å². The molecule has 7 nitrogen and oxygen atoms in total. The van der Waals surface area contributed by atoms with Crippen LogP contribution in [0, 0.1) is 0 Å². The number of alkyl halides is 3. The van der Waals surface area contributed by atoms with E-state index < -0.39 is 34.8 Å². The Bertz CT molecular complexity index is 1080. The summed E-state index contributed by atoms with van der Waals surface area (Å²) in [5.74, 6) is -0.296. The van der Waals surface area contributed by atoms with E-state index in [-0.39, 0.29) is 23.9 Å². The Kier molecular flexibility index (Phi) is 6.65. The number of rotatable bonds is 7. The minimum absolute atomic E-state index is 0.112. The highest BCUT2D eigenvalue weighted by Gasteiger charge is 2.31. The van der Waals surface area contributed by atoms with Gasteiger partial charge in [-0.1, -0.05) is 36.4 Å². The zero-order chi connectivity index (χ0) is 22.6. The van der Waals surface area contributed by atoms with Crippen LogP contribution in [0.4, 0.5) is 13.2 Å². The van der Waals surface area contributed by atoms with Crippen molar-refractivity contribution in [1.29, 1.82) is 0 Å². The van der Waals surface area contributed by atoms with Crippen molar-refractivity contribution in [3.63, 3.8) is 0 Å². The van der Waals surface area contributed by atoms with Crippen LogP contribution in [0.1, 0.15) is 23.6 Å². The van der Waals surface area contributed by atoms with Gasteiger partial charge >= 0.3 is 6.18 Å². The van der Waals surface area contributed by atoms with Gasteiger partial charge in [-0.15, -0.1) is 0 Å². The Hall–Kier alpha value is -2.92. The van der Waals surface area contributed by atoms with Crippen LogP contribution in [-0.2, 0) is 32.7 Å². The largest absolute Gasteiger partial charge is 0.411 e. The van der Waals surface area contributed by atoms with Gasteiger partial charge in [-0.2, -0.15) is 13.2 Å². The summed E-state index contributed by atoms with van der Waals surface area (Å²) in [6, 6.07) is 12.1. The van der Waals surface area contributed by atoms with Gasteiger partial charge in [0.25, 0.3) is 10.0 Å². The highest BCUT2D eigenvalue weighted by atomic mass is 32.2. The van der Waals surface area contributed by atoms with Crippen LogP contribution >= 0.6 is 0 Å². The van der Waals surface area contributed by atoms with Gasteiger partial charge in [0.1, 0.15) is 18.5 Å². The van der Waals surface area contributed by atoms with Crippen LogP contribution in [0.3, 0.4) is 0 Å². The molecule has 0 aliphatic carbocycles. The number of hydrogen-bond donors (Lipinski definition) is 2. The molecule has 31 heavy (non-hydrogen) atoms. The molecule has 1 heterocycles. The van der Waals surface area contributed by atoms with Crippen molar-refractivity contribution in [3.8, 4) is 0 Å². The van der Waals surface area contributed by atoms with E-state index in [2.05, 4.69) is 19.8 Å². The van der Waals surface area contributed by atoms with Gasteiger partial charge in [0, 0.05) is 12.1 Å². The average molecular weight is 455 g/mol. The molecule has 1 aliphatic rings. The maximum Gasteiger partial charge on any atom is 0.411 e. The van der Waals surface area contributed by atoms with Crippen molar-refractivity contribution in [2.45, 2.75) is 37.2 Å². The molecule has 0 fully saturated rings. The van der Waals surface area contributed by atoms with Crippen LogP contribution < -0.4 is 10.0 Å². The molecule has 0 saturated heterocycles. The van der Waals surface area contributed by atoms with Gasteiger partial charge in [-0.3, -0.25) is 14.5 Å². The van der Waals surface area contributed by atoms with Crippen LogP contribution in [0.15, 0.2) is 58.4 Å². The smallest absolute Gasteiger partial charge is 0.367 e. The summed E-state index contributed by atoms with van der Waals surface area (Å²) in [4.78, 5) is 16.7. The first kappa shape index (κ1) is 22.8. The van der Waals surface area contributed by atoms with Crippen molar-refractivity contribution in [2.75, 3.05) is 6.61 Å². The Morgan fingerprint density at radius 2 is 1.77 bits per heavy atom. The van der Waals surface area contributed by atoms with E-state index in [0.717, 1.165) is 5.56 Å². The number of ether oxygens (including phenoxy) is 1. The van der Waals surface area contributed by atoms with E-state index in [1.54, 1.807) is 49.4 Å². The number of hydrogen-bond acceptors (Lipinski definition) is 5. The molecule has 2 N–H and O–H groups in total. The molecule has 0 spiro atoms. The number of fused-ring (bicyclic) bond motifs is 1. The first-order valence-electron chi connectivity index (χ1n) is 9.25. The fourth-order valence-electron chi connectivity index (χ4n) is 2.86. The van der Waals surface area contributed by atoms with Gasteiger partial charge < -0.3 is 10.1 Å². The van der Waals surface area contributed by atoms with Crippen molar-refractivity contribution in [2.24, 2.45) is 4.99 Å². The molecule has 0 unspecified atom stereocenters. The van der Waals surface area contributed by atoms with Gasteiger partial charge in [0.2, 0.25) is 5.91 Å². The average Bonchev–Trinajstić information content (AvgIpc) is 2.96. The maximum absolute atomic E-state index is 12.4. The lowest BCUT2D eigenvalue weighted by Crippen LogP contribution is -2.33. The highest BCUT2D eigenvalue weighted by molar-refractivity contribution is 7.90. The predicted molar refractivity (Wildman–Crippen MR) is 107 cm³/mol. The highest BCUT2D eigenvalue weighted by Crippen LogP contribution is 2.22. The number of carbonyl (C=O) groups is 1. The normalized spacial score (nSPS) is 17.1. The Morgan fingerprint density at radius 1 is 1.13 bits per heavy atom. The summed E-state index contributed by atoms with van der Waals surface area (Å²) >= 11 is 0. The van der Waals surface area contributed by atoms with E-state index >= 15 is 0 Å². The van der Waals surface area contributed by atoms with E-state index in [1.807, 2.05) is 0 Å². The van der Waals surface area contributed by atoms with Gasteiger partial charge in [-0.25, -0.2) is 8.42 Å². The number of nitrogens with one attached hydrogen (secondary N) is 2. The minimum atomic E-state index is -4.37. The number of amidine groups is 1. The fraction of sp³-hybridized carbons (Fsp3) is 0.300. The SMILES string of the molecule is C[C@@H](N=C1NS(=O)(=O)c2ccccc21)C(=O)NCc1ccc(COCC(F)(F)F)cc1. The van der Waals surface area contributed by atoms with Crippen molar-refractivity contribution in [3.05, 3.63) is 65.2 Å². The molecular weight excluding hydrogens is 435 g/mol. The van der Waals surface area contributed by atoms with E-state index in [4.69, 9.17) is 0 Å². The number of sulfonamides is 1. The van der Waals surface area contributed by atoms with Crippen LogP contribution in [0.25, 0.3) is 0 Å². The van der Waals surface area contributed by atoms with Gasteiger partial charge in [-0.05, 0) is 30.2 Å². The molecule has 11 heteroatoms. The molecule has 2 aromatic carbocycles. The minimum Gasteiger partial charge on any atom is -0.367 e. The van der Waals surface area contributed by atoms with Crippen molar-refractivity contribution in [1.82, 2.24) is 10.0 Å². The van der Waals surface area contributed by atoms with Crippen molar-refractivity contribution < 1.29 is 31.1 Å². The van der Waals surface area contributed by atoms with Crippen LogP contribution in [0.5, 0.6) is 0 Å². The summed E-state index contributed by atoms with van der Waals surface area (Å²) in [6.07, 6.45) is -4.37. The maximum atomic E-state index is 12.4. The molecule has 0 saturated carbocycles. The molecule has 3 rings (SSSR count). The molecule has 166 valence electrons. The molecule has 0 radical (unpaired) electrons. The number of amides is 1. The zero-order valence-electron chi connectivity index (χ0n) is 16.4. The Balaban J connectivity index is 1.55. The second-order valence-electron chi connectivity index (χ2n) is 6.90. The van der Waals surface area contributed by atoms with Gasteiger partial charge in [0.15, 0.2) is 0 Å². The molecule has 0 bridgehead atoms. The number of aliphatic imine (C=N–C) groups is 1. The third-order valence-corrected chi connectivity index (χ3v) is 5.79. The summed E-state index contributed by atoms with van der Waals surface area (Å²) in [5.41, 5.74) is 1.72. The lowest BCUT2D eigenvalue weighted by Gasteiger charge is -2.11. The fourth-order valence-corrected chi connectivity index (χ4v) is 4.10. The van der Waals surface area contributed by atoms with E-state index in [0.29, 0.717) is 11.1 Å². The summed E-state index contributed by atoms with van der Waals surface area (Å²) in [5, 5.41) is 2.70. The number of nitrogens with zero attached hydrogens (tertiary/aromatic N) is 1. The standard InChI is InChI=1S/C20H20F3N3O4S/c1-13(25-18-16-4-2-3-5-17(16)31(28,29)26-18)19(27)24-10-14-6-8-15(9-7-14)11-30-12-20(21,22)23/h2-9,13H,10-12H2,1H3,(H,24,27)(H,25,26)/t13-/m1/s1. The number of carbonyl (C=O) groups excluding carboxylic acids is 1. The molecule has 2 aromatic rings. The van der Waals surface area contributed by atoms with Gasteiger partial charge in [0.05, 0.1) is 11.5 Å². The first-order chi connectivity index (χ1) is 14.5. The second-order valence-corrected chi connectivity index (χ2v) is 8.55. The van der Waals surface area contributed by atoms with E-state index in [1.165, 1.54) is 6.07 Å². The summed E-state index contributed by atoms with van der Waals surface area (Å²) in [6.45, 7) is 0.239. The van der Waals surface area contributed by atoms with Crippen LogP contribution in [0.2, 0.25) is 0 Å². The topological polar surface area (TPSA) is 96.9 Å². The van der Waals surface area contributed by atoms with E-state index in [9.17, 15) is 26.4 Å². The van der Waals surface area contributed by atoms with Crippen molar-refractivity contribution >= 4 is 21.8 Å². The number of halogens is 3. The summed E-state index contributed by atoms with van der Waals surface area (Å²) < 4.78 is 67.5. The lowest BCUT2D eigenvalue weighted by molar-refractivity contribution is -0.176. The third-order valence-electron chi connectivity index (χ3n) is 4.39. The monoisotopic (exact) mass is 455 g/mol. The third kappa shape index (κ3) is 6.05. The Morgan fingerprint density at radius 3 is 2.45 bits per heavy atom. The molecule has 0 aromatic heterocycles. The predicted octanol–water partition coefficient (Wildman–Crippen LogP) is 2.51. The lowest BCUT2D eigenvalue weighted by atomic mass is 10.1. The summed E-state index contributed by atoms with van der Waals surface area (Å²) in [7, 11) is -3.69. The first-order valence-corrected chi connectivity index (χ1v) is 10.7. The van der Waals surface area contributed by atoms with Crippen LogP contribution in [-0.4, -0.2) is 39.0 Å². The molecule has 1 aliphatic heterocycles. The zero-order valence-corrected chi connectivity index (χ0v) is 17.3. The second kappa shape index (κ2) is 9.06. The molecule has 1 atom stereocenters. The molecule has 1 amide bonds. The quantitative estimate of drug-likeness (QED) is 0.671. The number of benzene rings is 2. The molecular formula is C20H20F3N3O4S.